The molecule has 0 atom stereocenters. The lowest BCUT2D eigenvalue weighted by Gasteiger charge is -2.36. The summed E-state index contributed by atoms with van der Waals surface area (Å²) >= 11 is 0. The molecule has 0 aromatic carbocycles. The maximum absolute atomic E-state index is 12.8. The molecule has 1 amide bonds. The van der Waals surface area contributed by atoms with E-state index in [0.29, 0.717) is 31.8 Å². The molecule has 1 aromatic rings. The summed E-state index contributed by atoms with van der Waals surface area (Å²) in [5.41, 5.74) is 2.66. The first kappa shape index (κ1) is 19.4. The zero-order valence-corrected chi connectivity index (χ0v) is 16.8. The number of nitrogens with one attached hydrogen (secondary N) is 1. The quantitative estimate of drug-likeness (QED) is 0.781. The fourth-order valence-corrected chi connectivity index (χ4v) is 4.89. The predicted molar refractivity (Wildman–Crippen MR) is 103 cm³/mol. The van der Waals surface area contributed by atoms with E-state index in [1.165, 1.54) is 0 Å². The number of ether oxygens (including phenoxy) is 2. The molecule has 0 unspecified atom stereocenters. The molecule has 1 saturated heterocycles. The lowest BCUT2D eigenvalue weighted by molar-refractivity contribution is -0.148. The van der Waals surface area contributed by atoms with Crippen LogP contribution >= 0.6 is 0 Å². The van der Waals surface area contributed by atoms with E-state index in [1.54, 1.807) is 4.68 Å². The van der Waals surface area contributed by atoms with Gasteiger partial charge in [-0.15, -0.1) is 0 Å². The number of carbonyl (C=O) groups excluding carboxylic acids is 2. The molecular weight excluding hydrogens is 358 g/mol. The summed E-state index contributed by atoms with van der Waals surface area (Å²) in [6, 6.07) is 0. The summed E-state index contributed by atoms with van der Waals surface area (Å²) in [5, 5.41) is 7.83. The van der Waals surface area contributed by atoms with E-state index in [0.717, 1.165) is 69.4 Å². The Morgan fingerprint density at radius 2 is 2.07 bits per heavy atom. The fraction of sp³-hybridized carbons (Fsp3) is 0.762. The van der Waals surface area contributed by atoms with Crippen molar-refractivity contribution in [2.24, 2.45) is 11.3 Å². The molecule has 7 nitrogen and oxygen atoms in total. The van der Waals surface area contributed by atoms with Crippen LogP contribution in [0.4, 0.5) is 0 Å². The molecular formula is C21H31N3O4. The van der Waals surface area contributed by atoms with Crippen molar-refractivity contribution < 1.29 is 19.1 Å². The molecule has 3 aliphatic rings. The third-order valence-electron chi connectivity index (χ3n) is 6.65. The Balaban J connectivity index is 1.51. The molecule has 1 spiro atoms. The molecule has 28 heavy (non-hydrogen) atoms. The van der Waals surface area contributed by atoms with Gasteiger partial charge in [0, 0.05) is 38.3 Å². The second kappa shape index (κ2) is 8.23. The molecule has 3 heterocycles. The maximum Gasteiger partial charge on any atom is 0.308 e. The Morgan fingerprint density at radius 1 is 1.32 bits per heavy atom. The molecule has 4 rings (SSSR count). The van der Waals surface area contributed by atoms with Crippen LogP contribution in [0.15, 0.2) is 0 Å². The summed E-state index contributed by atoms with van der Waals surface area (Å²) in [6.07, 6.45) is 7.42. The van der Waals surface area contributed by atoms with E-state index in [-0.39, 0.29) is 23.2 Å². The van der Waals surface area contributed by atoms with Gasteiger partial charge in [0.15, 0.2) is 0 Å². The minimum absolute atomic E-state index is 0.0377. The maximum atomic E-state index is 12.8. The largest absolute Gasteiger partial charge is 0.465 e. The molecule has 1 aliphatic carbocycles. The van der Waals surface area contributed by atoms with Crippen LogP contribution in [0.25, 0.3) is 0 Å². The van der Waals surface area contributed by atoms with E-state index < -0.39 is 0 Å². The first-order valence-corrected chi connectivity index (χ1v) is 10.7. The van der Waals surface area contributed by atoms with Gasteiger partial charge in [-0.3, -0.25) is 14.3 Å². The monoisotopic (exact) mass is 389 g/mol. The second-order valence-corrected chi connectivity index (χ2v) is 8.46. The summed E-state index contributed by atoms with van der Waals surface area (Å²) < 4.78 is 12.9. The molecule has 2 aliphatic heterocycles. The van der Waals surface area contributed by atoms with Gasteiger partial charge in [0.2, 0.25) is 0 Å². The first-order chi connectivity index (χ1) is 13.6. The molecule has 154 valence electrons. The van der Waals surface area contributed by atoms with Crippen LogP contribution in [-0.4, -0.2) is 48.0 Å². The molecule has 1 aromatic heterocycles. The van der Waals surface area contributed by atoms with Crippen LogP contribution in [-0.2, 0) is 33.7 Å². The van der Waals surface area contributed by atoms with Gasteiger partial charge >= 0.3 is 5.97 Å². The van der Waals surface area contributed by atoms with Crippen LogP contribution in [0.2, 0.25) is 0 Å². The lowest BCUT2D eigenvalue weighted by Crippen LogP contribution is -2.40. The van der Waals surface area contributed by atoms with Crippen molar-refractivity contribution in [3.8, 4) is 0 Å². The Morgan fingerprint density at radius 3 is 2.79 bits per heavy atom. The normalized spacial score (nSPS) is 22.0. The summed E-state index contributed by atoms with van der Waals surface area (Å²) in [6.45, 7) is 5.14. The van der Waals surface area contributed by atoms with Gasteiger partial charge < -0.3 is 14.8 Å². The van der Waals surface area contributed by atoms with Gasteiger partial charge in [0.05, 0.1) is 18.2 Å². The number of amides is 1. The average molecular weight is 389 g/mol. The standard InChI is InChI=1S/C21H31N3O4/c1-2-24-18-16(13-21(14-22-19(18)25)8-11-27-12-9-21)17(23-24)7-10-28-20(26)15-5-3-4-6-15/h15H,2-14H2,1H3,(H,22,25). The number of nitrogens with zero attached hydrogens (tertiary/aromatic N) is 2. The number of esters is 1. The molecule has 2 fully saturated rings. The number of hydrogen-bond donors (Lipinski definition) is 1. The SMILES string of the molecule is CCn1nc(CCOC(=O)C2CCCC2)c2c1C(=O)NCC1(CCOCC1)C2. The predicted octanol–water partition coefficient (Wildman–Crippen LogP) is 2.26. The van der Waals surface area contributed by atoms with Gasteiger partial charge in [0.1, 0.15) is 5.69 Å². The van der Waals surface area contributed by atoms with E-state index in [4.69, 9.17) is 14.6 Å². The van der Waals surface area contributed by atoms with Crippen LogP contribution in [0.1, 0.15) is 67.2 Å². The highest BCUT2D eigenvalue weighted by atomic mass is 16.5. The Hall–Kier alpha value is -1.89. The zero-order chi connectivity index (χ0) is 19.6. The second-order valence-electron chi connectivity index (χ2n) is 8.46. The van der Waals surface area contributed by atoms with Crippen LogP contribution in [0.3, 0.4) is 0 Å². The van der Waals surface area contributed by atoms with Crippen molar-refractivity contribution in [2.45, 2.75) is 64.8 Å². The first-order valence-electron chi connectivity index (χ1n) is 10.7. The Labute approximate surface area is 166 Å². The van der Waals surface area contributed by atoms with Crippen LogP contribution in [0.5, 0.6) is 0 Å². The van der Waals surface area contributed by atoms with Crippen molar-refractivity contribution in [3.63, 3.8) is 0 Å². The number of aromatic nitrogens is 2. The summed E-state index contributed by atoms with van der Waals surface area (Å²) in [7, 11) is 0. The third-order valence-corrected chi connectivity index (χ3v) is 6.65. The molecule has 0 radical (unpaired) electrons. The highest BCUT2D eigenvalue weighted by Crippen LogP contribution is 2.37. The van der Waals surface area contributed by atoms with Gasteiger partial charge in [-0.25, -0.2) is 0 Å². The topological polar surface area (TPSA) is 82.5 Å². The van der Waals surface area contributed by atoms with Crippen LogP contribution < -0.4 is 5.32 Å². The van der Waals surface area contributed by atoms with Crippen molar-refractivity contribution >= 4 is 11.9 Å². The minimum Gasteiger partial charge on any atom is -0.465 e. The van der Waals surface area contributed by atoms with E-state index in [9.17, 15) is 9.59 Å². The number of carbonyl (C=O) groups is 2. The smallest absolute Gasteiger partial charge is 0.308 e. The number of fused-ring (bicyclic) bond motifs is 1. The summed E-state index contributed by atoms with van der Waals surface area (Å²) in [5.74, 6) is -0.0410. The van der Waals surface area contributed by atoms with Crippen LogP contribution in [0, 0.1) is 11.3 Å². The van der Waals surface area contributed by atoms with Crippen molar-refractivity contribution in [3.05, 3.63) is 17.0 Å². The van der Waals surface area contributed by atoms with E-state index in [2.05, 4.69) is 5.32 Å². The average Bonchev–Trinajstić information content (AvgIpc) is 3.33. The Bertz CT molecular complexity index is 730. The highest BCUT2D eigenvalue weighted by molar-refractivity contribution is 5.94. The van der Waals surface area contributed by atoms with Gasteiger partial charge in [0.25, 0.3) is 5.91 Å². The number of rotatable bonds is 5. The fourth-order valence-electron chi connectivity index (χ4n) is 4.89. The zero-order valence-electron chi connectivity index (χ0n) is 16.8. The van der Waals surface area contributed by atoms with Gasteiger partial charge in [-0.1, -0.05) is 12.8 Å². The van der Waals surface area contributed by atoms with Crippen molar-refractivity contribution in [2.75, 3.05) is 26.4 Å². The van der Waals surface area contributed by atoms with E-state index in [1.807, 2.05) is 6.92 Å². The summed E-state index contributed by atoms with van der Waals surface area (Å²) in [4.78, 5) is 25.0. The lowest BCUT2D eigenvalue weighted by atomic mass is 9.75. The Kier molecular flexibility index (Phi) is 5.71. The third kappa shape index (κ3) is 3.81. The molecule has 1 saturated carbocycles. The number of hydrogen-bond acceptors (Lipinski definition) is 5. The molecule has 1 N–H and O–H groups in total. The molecule has 7 heteroatoms. The van der Waals surface area contributed by atoms with Crippen molar-refractivity contribution in [1.82, 2.24) is 15.1 Å². The van der Waals surface area contributed by atoms with Gasteiger partial charge in [-0.05, 0) is 44.4 Å². The van der Waals surface area contributed by atoms with E-state index >= 15 is 0 Å². The number of aryl methyl sites for hydroxylation is 1. The van der Waals surface area contributed by atoms with Gasteiger partial charge in [-0.2, -0.15) is 5.10 Å². The minimum atomic E-state index is -0.0721. The molecule has 0 bridgehead atoms. The van der Waals surface area contributed by atoms with Crippen molar-refractivity contribution in [1.29, 1.82) is 0 Å². The highest BCUT2D eigenvalue weighted by Gasteiger charge is 2.39.